The van der Waals surface area contributed by atoms with E-state index in [9.17, 15) is 4.79 Å². The number of hydrogen-bond acceptors (Lipinski definition) is 1. The summed E-state index contributed by atoms with van der Waals surface area (Å²) in [6.07, 6.45) is 4.96. The maximum atomic E-state index is 11.1. The van der Waals surface area contributed by atoms with Gasteiger partial charge in [-0.1, -0.05) is 23.7 Å². The fourth-order valence-electron chi connectivity index (χ4n) is 0.901. The molecule has 1 aromatic rings. The molecule has 0 fully saturated rings. The highest BCUT2D eigenvalue weighted by Crippen LogP contribution is 2.20. The topological polar surface area (TPSA) is 17.1 Å². The van der Waals surface area contributed by atoms with Crippen LogP contribution in [-0.2, 0) is 0 Å². The van der Waals surface area contributed by atoms with Crippen LogP contribution in [0.2, 0.25) is 5.02 Å². The Labute approximate surface area is 76.4 Å². The van der Waals surface area contributed by atoms with Crippen molar-refractivity contribution in [2.75, 3.05) is 0 Å². The zero-order chi connectivity index (χ0) is 9.14. The zero-order valence-electron chi connectivity index (χ0n) is 6.60. The number of terminal acetylenes is 1. The van der Waals surface area contributed by atoms with Crippen LogP contribution < -0.4 is 0 Å². The molecule has 1 rings (SSSR count). The molecule has 1 nitrogen and oxygen atoms in total. The number of aryl methyl sites for hydroxylation is 1. The van der Waals surface area contributed by atoms with Crippen LogP contribution >= 0.6 is 11.6 Å². The molecule has 0 atom stereocenters. The molecular formula is C10H7ClO. The Balaban J connectivity index is 3.28. The number of hydrogen-bond donors (Lipinski definition) is 0. The van der Waals surface area contributed by atoms with Gasteiger partial charge in [0.15, 0.2) is 0 Å². The third-order valence-corrected chi connectivity index (χ3v) is 2.07. The number of rotatable bonds is 1. The van der Waals surface area contributed by atoms with Gasteiger partial charge >= 0.3 is 0 Å². The van der Waals surface area contributed by atoms with Crippen molar-refractivity contribution in [2.45, 2.75) is 6.92 Å². The minimum absolute atomic E-state index is 0.372. The maximum Gasteiger partial charge on any atom is 0.237 e. The van der Waals surface area contributed by atoms with Crippen LogP contribution in [0, 0.1) is 19.3 Å². The minimum Gasteiger partial charge on any atom is -0.279 e. The Morgan fingerprint density at radius 1 is 1.58 bits per heavy atom. The maximum absolute atomic E-state index is 11.1. The number of benzene rings is 1. The molecule has 0 amide bonds. The van der Waals surface area contributed by atoms with Crippen molar-refractivity contribution in [1.29, 1.82) is 0 Å². The molecule has 0 aromatic heterocycles. The SMILES string of the molecule is C#CC(=O)c1cccc(C)c1Cl. The number of Topliss-reactive ketones (excluding diaryl/α,β-unsaturated/α-hetero) is 1. The summed E-state index contributed by atoms with van der Waals surface area (Å²) < 4.78 is 0. The average Bonchev–Trinajstić information content (AvgIpc) is 2.08. The Hall–Kier alpha value is -1.26. The molecule has 0 saturated heterocycles. The van der Waals surface area contributed by atoms with E-state index in [1.807, 2.05) is 18.9 Å². The molecule has 0 aliphatic heterocycles. The van der Waals surface area contributed by atoms with E-state index in [0.717, 1.165) is 5.56 Å². The van der Waals surface area contributed by atoms with Crippen LogP contribution in [0.1, 0.15) is 15.9 Å². The average molecular weight is 179 g/mol. The van der Waals surface area contributed by atoms with Crippen LogP contribution in [-0.4, -0.2) is 5.78 Å². The van der Waals surface area contributed by atoms with Crippen molar-refractivity contribution in [3.63, 3.8) is 0 Å². The molecular weight excluding hydrogens is 172 g/mol. The predicted octanol–water partition coefficient (Wildman–Crippen LogP) is 2.46. The summed E-state index contributed by atoms with van der Waals surface area (Å²) in [6.45, 7) is 1.83. The van der Waals surface area contributed by atoms with E-state index < -0.39 is 0 Å². The van der Waals surface area contributed by atoms with Gasteiger partial charge < -0.3 is 0 Å². The highest BCUT2D eigenvalue weighted by molar-refractivity contribution is 6.35. The second kappa shape index (κ2) is 3.42. The number of ketones is 1. The van der Waals surface area contributed by atoms with Crippen molar-refractivity contribution < 1.29 is 4.79 Å². The van der Waals surface area contributed by atoms with E-state index in [1.54, 1.807) is 12.1 Å². The molecule has 0 aliphatic carbocycles. The standard InChI is InChI=1S/C10H7ClO/c1-3-9(12)8-6-4-5-7(2)10(8)11/h1,4-6H,2H3. The van der Waals surface area contributed by atoms with Crippen molar-refractivity contribution in [1.82, 2.24) is 0 Å². The van der Waals surface area contributed by atoms with E-state index in [0.29, 0.717) is 10.6 Å². The first-order valence-electron chi connectivity index (χ1n) is 3.43. The zero-order valence-corrected chi connectivity index (χ0v) is 7.35. The molecule has 0 bridgehead atoms. The minimum atomic E-state index is -0.372. The Bertz CT molecular complexity index is 361. The van der Waals surface area contributed by atoms with Gasteiger partial charge in [-0.15, -0.1) is 6.42 Å². The first-order valence-corrected chi connectivity index (χ1v) is 3.80. The monoisotopic (exact) mass is 178 g/mol. The largest absolute Gasteiger partial charge is 0.279 e. The number of carbonyl (C=O) groups excluding carboxylic acids is 1. The molecule has 0 saturated carbocycles. The fourth-order valence-corrected chi connectivity index (χ4v) is 1.11. The summed E-state index contributed by atoms with van der Waals surface area (Å²) in [6, 6.07) is 5.21. The Morgan fingerprint density at radius 3 is 2.83 bits per heavy atom. The van der Waals surface area contributed by atoms with Crippen molar-refractivity contribution in [3.05, 3.63) is 34.3 Å². The summed E-state index contributed by atoms with van der Waals surface area (Å²) in [7, 11) is 0. The van der Waals surface area contributed by atoms with Crippen LogP contribution in [0.4, 0.5) is 0 Å². The van der Waals surface area contributed by atoms with Crippen molar-refractivity contribution in [3.8, 4) is 12.3 Å². The van der Waals surface area contributed by atoms with Gasteiger partial charge in [-0.2, -0.15) is 0 Å². The lowest BCUT2D eigenvalue weighted by atomic mass is 10.1. The van der Waals surface area contributed by atoms with Gasteiger partial charge in [-0.05, 0) is 24.5 Å². The van der Waals surface area contributed by atoms with Gasteiger partial charge in [-0.3, -0.25) is 4.79 Å². The Kier molecular flexibility index (Phi) is 2.52. The summed E-state index contributed by atoms with van der Waals surface area (Å²) in [5.74, 6) is 1.65. The van der Waals surface area contributed by atoms with Crippen LogP contribution in [0.25, 0.3) is 0 Å². The van der Waals surface area contributed by atoms with Gasteiger partial charge in [-0.25, -0.2) is 0 Å². The summed E-state index contributed by atoms with van der Waals surface area (Å²) in [4.78, 5) is 11.1. The summed E-state index contributed by atoms with van der Waals surface area (Å²) >= 11 is 5.85. The molecule has 0 N–H and O–H groups in total. The first-order chi connectivity index (χ1) is 5.66. The fraction of sp³-hybridized carbons (Fsp3) is 0.100. The molecule has 0 spiro atoms. The van der Waals surface area contributed by atoms with Gasteiger partial charge in [0.05, 0.1) is 5.02 Å². The molecule has 0 aliphatic rings. The first kappa shape index (κ1) is 8.83. The lowest BCUT2D eigenvalue weighted by Crippen LogP contribution is -1.96. The quantitative estimate of drug-likeness (QED) is 0.367. The smallest absolute Gasteiger partial charge is 0.237 e. The van der Waals surface area contributed by atoms with Crippen LogP contribution in [0.15, 0.2) is 18.2 Å². The lowest BCUT2D eigenvalue weighted by molar-refractivity contribution is 0.105. The third-order valence-electron chi connectivity index (χ3n) is 1.57. The Morgan fingerprint density at radius 2 is 2.25 bits per heavy atom. The second-order valence-electron chi connectivity index (χ2n) is 2.41. The van der Waals surface area contributed by atoms with E-state index >= 15 is 0 Å². The van der Waals surface area contributed by atoms with Crippen molar-refractivity contribution >= 4 is 17.4 Å². The molecule has 0 radical (unpaired) electrons. The summed E-state index contributed by atoms with van der Waals surface area (Å²) in [5.41, 5.74) is 1.26. The van der Waals surface area contributed by atoms with E-state index in [-0.39, 0.29) is 5.78 Å². The summed E-state index contributed by atoms with van der Waals surface area (Å²) in [5, 5.41) is 0.445. The molecule has 0 unspecified atom stereocenters. The normalized spacial score (nSPS) is 9.08. The van der Waals surface area contributed by atoms with E-state index in [4.69, 9.17) is 18.0 Å². The van der Waals surface area contributed by atoms with Gasteiger partial charge in [0.2, 0.25) is 5.78 Å². The van der Waals surface area contributed by atoms with Crippen molar-refractivity contribution in [2.24, 2.45) is 0 Å². The molecule has 2 heteroatoms. The highest BCUT2D eigenvalue weighted by atomic mass is 35.5. The van der Waals surface area contributed by atoms with Crippen LogP contribution in [0.5, 0.6) is 0 Å². The van der Waals surface area contributed by atoms with Gasteiger partial charge in [0.1, 0.15) is 0 Å². The highest BCUT2D eigenvalue weighted by Gasteiger charge is 2.07. The molecule has 12 heavy (non-hydrogen) atoms. The molecule has 60 valence electrons. The number of halogens is 1. The lowest BCUT2D eigenvalue weighted by Gasteiger charge is -2.00. The third kappa shape index (κ3) is 1.49. The van der Waals surface area contributed by atoms with E-state index in [2.05, 4.69) is 0 Å². The van der Waals surface area contributed by atoms with Crippen LogP contribution in [0.3, 0.4) is 0 Å². The number of carbonyl (C=O) groups is 1. The van der Waals surface area contributed by atoms with Gasteiger partial charge in [0, 0.05) is 5.56 Å². The molecule has 0 heterocycles. The van der Waals surface area contributed by atoms with Gasteiger partial charge in [0.25, 0.3) is 0 Å². The molecule has 1 aromatic carbocycles. The second-order valence-corrected chi connectivity index (χ2v) is 2.79. The van der Waals surface area contributed by atoms with E-state index in [1.165, 1.54) is 0 Å². The predicted molar refractivity (Wildman–Crippen MR) is 49.4 cm³/mol.